The second kappa shape index (κ2) is 5.60. The Bertz CT molecular complexity index is 285. The van der Waals surface area contributed by atoms with Crippen molar-refractivity contribution in [3.8, 4) is 0 Å². The lowest BCUT2D eigenvalue weighted by molar-refractivity contribution is -0.141. The van der Waals surface area contributed by atoms with Crippen LogP contribution in [-0.2, 0) is 4.79 Å². The Kier molecular flexibility index (Phi) is 4.31. The summed E-state index contributed by atoms with van der Waals surface area (Å²) in [7, 11) is 0. The maximum Gasteiger partial charge on any atom is 0.304 e. The van der Waals surface area contributed by atoms with Crippen molar-refractivity contribution < 1.29 is 9.90 Å². The highest BCUT2D eigenvalue weighted by Gasteiger charge is 2.45. The second-order valence-corrected chi connectivity index (χ2v) is 6.73. The van der Waals surface area contributed by atoms with Gasteiger partial charge in [0.1, 0.15) is 0 Å². The molecule has 3 heteroatoms. The monoisotopic (exact) mass is 253 g/mol. The van der Waals surface area contributed by atoms with Crippen molar-refractivity contribution in [1.82, 2.24) is 4.90 Å². The highest BCUT2D eigenvalue weighted by molar-refractivity contribution is 5.67. The van der Waals surface area contributed by atoms with Crippen molar-refractivity contribution in [2.75, 3.05) is 13.1 Å². The minimum absolute atomic E-state index is 0.233. The first-order valence-corrected chi connectivity index (χ1v) is 7.48. The molecule has 2 rings (SSSR count). The number of carbonyl (C=O) groups is 1. The number of hydrogen-bond acceptors (Lipinski definition) is 2. The number of carboxylic acids is 1. The van der Waals surface area contributed by atoms with Crippen LogP contribution in [0.4, 0.5) is 0 Å². The molecule has 1 saturated heterocycles. The maximum absolute atomic E-state index is 11.0. The van der Waals surface area contributed by atoms with E-state index in [0.29, 0.717) is 17.8 Å². The molecule has 1 unspecified atom stereocenters. The highest BCUT2D eigenvalue weighted by atomic mass is 16.4. The molecular weight excluding hydrogens is 226 g/mol. The first-order valence-electron chi connectivity index (χ1n) is 7.48. The Labute approximate surface area is 111 Å². The summed E-state index contributed by atoms with van der Waals surface area (Å²) in [5, 5.41) is 9.02. The van der Waals surface area contributed by atoms with Crippen molar-refractivity contribution in [2.24, 2.45) is 11.3 Å². The fourth-order valence-electron chi connectivity index (χ4n) is 3.81. The van der Waals surface area contributed by atoms with Gasteiger partial charge in [0.2, 0.25) is 0 Å². The molecule has 0 bridgehead atoms. The summed E-state index contributed by atoms with van der Waals surface area (Å²) >= 11 is 0. The molecule has 3 nitrogen and oxygen atoms in total. The number of hydrogen-bond donors (Lipinski definition) is 1. The molecule has 0 aromatic rings. The average molecular weight is 253 g/mol. The molecule has 0 aromatic heterocycles. The molecule has 0 radical (unpaired) electrons. The highest BCUT2D eigenvalue weighted by Crippen LogP contribution is 2.44. The molecule has 2 aliphatic rings. The van der Waals surface area contributed by atoms with Crippen LogP contribution < -0.4 is 0 Å². The molecule has 104 valence electrons. The van der Waals surface area contributed by atoms with Gasteiger partial charge in [-0.1, -0.05) is 39.5 Å². The lowest BCUT2D eigenvalue weighted by Crippen LogP contribution is -2.61. The summed E-state index contributed by atoms with van der Waals surface area (Å²) in [6.45, 7) is 6.57. The van der Waals surface area contributed by atoms with E-state index >= 15 is 0 Å². The van der Waals surface area contributed by atoms with Gasteiger partial charge in [-0.15, -0.1) is 0 Å². The topological polar surface area (TPSA) is 40.5 Å². The third-order valence-electron chi connectivity index (χ3n) is 4.86. The molecule has 1 aliphatic heterocycles. The molecule has 1 aliphatic carbocycles. The van der Waals surface area contributed by atoms with E-state index < -0.39 is 5.97 Å². The van der Waals surface area contributed by atoms with Crippen LogP contribution in [0.5, 0.6) is 0 Å². The summed E-state index contributed by atoms with van der Waals surface area (Å²) in [4.78, 5) is 13.4. The zero-order valence-corrected chi connectivity index (χ0v) is 11.8. The van der Waals surface area contributed by atoms with E-state index in [2.05, 4.69) is 18.7 Å². The van der Waals surface area contributed by atoms with Gasteiger partial charge in [-0.2, -0.15) is 0 Å². The van der Waals surface area contributed by atoms with Gasteiger partial charge in [-0.05, 0) is 24.2 Å². The van der Waals surface area contributed by atoms with Crippen molar-refractivity contribution >= 4 is 5.97 Å². The van der Waals surface area contributed by atoms with Crippen molar-refractivity contribution in [2.45, 2.75) is 64.8 Å². The number of aliphatic carboxylic acids is 1. The van der Waals surface area contributed by atoms with Crippen LogP contribution in [0.15, 0.2) is 0 Å². The fourth-order valence-corrected chi connectivity index (χ4v) is 3.81. The van der Waals surface area contributed by atoms with Gasteiger partial charge < -0.3 is 5.11 Å². The van der Waals surface area contributed by atoms with Gasteiger partial charge in [0.25, 0.3) is 0 Å². The van der Waals surface area contributed by atoms with E-state index in [-0.39, 0.29) is 6.04 Å². The molecular formula is C15H27NO2. The molecule has 1 N–H and O–H groups in total. The van der Waals surface area contributed by atoms with Gasteiger partial charge in [0, 0.05) is 19.1 Å². The van der Waals surface area contributed by atoms with E-state index in [1.165, 1.54) is 38.5 Å². The summed E-state index contributed by atoms with van der Waals surface area (Å²) in [5.41, 5.74) is 0.544. The standard InChI is InChI=1S/C15H27NO2/c1-12(2)13(9-14(17)18)16-10-15(11-16)7-5-3-4-6-8-15/h12-13H,3-11H2,1-2H3,(H,17,18). The maximum atomic E-state index is 11.0. The van der Waals surface area contributed by atoms with Crippen LogP contribution in [0.3, 0.4) is 0 Å². The minimum Gasteiger partial charge on any atom is -0.481 e. The Hall–Kier alpha value is -0.570. The third-order valence-corrected chi connectivity index (χ3v) is 4.86. The molecule has 1 saturated carbocycles. The van der Waals surface area contributed by atoms with Crippen molar-refractivity contribution in [3.05, 3.63) is 0 Å². The van der Waals surface area contributed by atoms with Crippen molar-refractivity contribution in [1.29, 1.82) is 0 Å². The predicted molar refractivity (Wildman–Crippen MR) is 72.6 cm³/mol. The predicted octanol–water partition coefficient (Wildman–Crippen LogP) is 3.14. The van der Waals surface area contributed by atoms with Gasteiger partial charge in [0.15, 0.2) is 0 Å². The smallest absolute Gasteiger partial charge is 0.304 e. The van der Waals surface area contributed by atoms with E-state index in [1.807, 2.05) is 0 Å². The Morgan fingerprint density at radius 1 is 1.17 bits per heavy atom. The van der Waals surface area contributed by atoms with Crippen molar-refractivity contribution in [3.63, 3.8) is 0 Å². The first-order chi connectivity index (χ1) is 8.52. The van der Waals surface area contributed by atoms with Crippen LogP contribution in [0, 0.1) is 11.3 Å². The van der Waals surface area contributed by atoms with E-state index in [9.17, 15) is 4.79 Å². The molecule has 2 fully saturated rings. The quantitative estimate of drug-likeness (QED) is 0.836. The second-order valence-electron chi connectivity index (χ2n) is 6.73. The van der Waals surface area contributed by atoms with Gasteiger partial charge in [0.05, 0.1) is 6.42 Å². The Morgan fingerprint density at radius 3 is 2.17 bits per heavy atom. The van der Waals surface area contributed by atoms with Crippen LogP contribution in [-0.4, -0.2) is 35.1 Å². The number of likely N-dealkylation sites (tertiary alicyclic amines) is 1. The third kappa shape index (κ3) is 3.05. The molecule has 0 aromatic carbocycles. The van der Waals surface area contributed by atoms with E-state index in [0.717, 1.165) is 13.1 Å². The summed E-state index contributed by atoms with van der Waals surface area (Å²) in [5.74, 6) is -0.222. The lowest BCUT2D eigenvalue weighted by Gasteiger charge is -2.54. The van der Waals surface area contributed by atoms with E-state index in [1.54, 1.807) is 0 Å². The summed E-state index contributed by atoms with van der Waals surface area (Å²) < 4.78 is 0. The van der Waals surface area contributed by atoms with Crippen LogP contribution in [0.25, 0.3) is 0 Å². The van der Waals surface area contributed by atoms with Gasteiger partial charge in [-0.3, -0.25) is 9.69 Å². The molecule has 1 atom stereocenters. The number of carboxylic acid groups (broad SMARTS) is 1. The zero-order chi connectivity index (χ0) is 13.2. The summed E-state index contributed by atoms with van der Waals surface area (Å²) in [6.07, 6.45) is 8.56. The van der Waals surface area contributed by atoms with Gasteiger partial charge >= 0.3 is 5.97 Å². The van der Waals surface area contributed by atoms with Crippen LogP contribution >= 0.6 is 0 Å². The fraction of sp³-hybridized carbons (Fsp3) is 0.933. The Morgan fingerprint density at radius 2 is 1.72 bits per heavy atom. The Balaban J connectivity index is 1.90. The van der Waals surface area contributed by atoms with E-state index in [4.69, 9.17) is 5.11 Å². The zero-order valence-electron chi connectivity index (χ0n) is 11.8. The molecule has 1 heterocycles. The van der Waals surface area contributed by atoms with Crippen LogP contribution in [0.2, 0.25) is 0 Å². The average Bonchev–Trinajstić information content (AvgIpc) is 2.48. The number of rotatable bonds is 4. The summed E-state index contributed by atoms with van der Waals surface area (Å²) in [6, 6.07) is 0.233. The largest absolute Gasteiger partial charge is 0.481 e. The number of nitrogens with zero attached hydrogens (tertiary/aromatic N) is 1. The van der Waals surface area contributed by atoms with Gasteiger partial charge in [-0.25, -0.2) is 0 Å². The normalized spacial score (nSPS) is 25.7. The minimum atomic E-state index is -0.657. The molecule has 0 amide bonds. The lowest BCUT2D eigenvalue weighted by atomic mass is 9.72. The first kappa shape index (κ1) is 13.9. The molecule has 1 spiro atoms. The molecule has 18 heavy (non-hydrogen) atoms. The SMILES string of the molecule is CC(C)C(CC(=O)O)N1CC2(CCCCCC2)C1. The van der Waals surface area contributed by atoms with Crippen LogP contribution in [0.1, 0.15) is 58.8 Å².